The topological polar surface area (TPSA) is 36.1 Å². The summed E-state index contributed by atoms with van der Waals surface area (Å²) in [6, 6.07) is 10.3. The fourth-order valence-corrected chi connectivity index (χ4v) is 1.01. The van der Waals surface area contributed by atoms with E-state index in [1.807, 2.05) is 25.3 Å². The summed E-state index contributed by atoms with van der Waals surface area (Å²) >= 11 is 0. The molecule has 1 aromatic carbocycles. The molecule has 1 atom stereocenters. The van der Waals surface area contributed by atoms with E-state index in [9.17, 15) is 0 Å². The van der Waals surface area contributed by atoms with Gasteiger partial charge in [0.05, 0.1) is 18.5 Å². The van der Waals surface area contributed by atoms with Crippen LogP contribution in [-0.2, 0) is 0 Å². The van der Waals surface area contributed by atoms with Crippen LogP contribution >= 0.6 is 0 Å². The van der Waals surface area contributed by atoms with Gasteiger partial charge in [0.15, 0.2) is 0 Å². The van der Waals surface area contributed by atoms with Gasteiger partial charge in [-0.25, -0.2) is 0 Å². The third-order valence-corrected chi connectivity index (χ3v) is 1.92. The van der Waals surface area contributed by atoms with Crippen LogP contribution < -0.4 is 0 Å². The molecule has 0 aliphatic rings. The van der Waals surface area contributed by atoms with Gasteiger partial charge in [-0.05, 0) is 19.4 Å². The van der Waals surface area contributed by atoms with E-state index < -0.39 is 0 Å². The van der Waals surface area contributed by atoms with Gasteiger partial charge in [0.1, 0.15) is 0 Å². The van der Waals surface area contributed by atoms with Gasteiger partial charge in [0, 0.05) is 6.21 Å². The minimum Gasteiger partial charge on any atom is -0.291 e. The lowest BCUT2D eigenvalue weighted by Crippen LogP contribution is -1.95. The first-order valence-corrected chi connectivity index (χ1v) is 4.68. The van der Waals surface area contributed by atoms with Crippen LogP contribution in [0.25, 0.3) is 0 Å². The Morgan fingerprint density at radius 3 is 2.64 bits per heavy atom. The molecule has 0 aromatic heterocycles. The van der Waals surface area contributed by atoms with E-state index in [4.69, 9.17) is 5.26 Å². The molecule has 0 radical (unpaired) electrons. The van der Waals surface area contributed by atoms with Crippen molar-refractivity contribution < 1.29 is 0 Å². The molecule has 0 aliphatic carbocycles. The average Bonchev–Trinajstić information content (AvgIpc) is 2.21. The number of hydrogen-bond donors (Lipinski definition) is 0. The second-order valence-corrected chi connectivity index (χ2v) is 3.44. The van der Waals surface area contributed by atoms with Gasteiger partial charge in [-0.2, -0.15) is 5.26 Å². The number of nitriles is 1. The van der Waals surface area contributed by atoms with Gasteiger partial charge >= 0.3 is 0 Å². The molecule has 72 valence electrons. The fraction of sp³-hybridized carbons (Fsp3) is 0.333. The normalized spacial score (nSPS) is 12.6. The molecular formula is C12H14N2. The summed E-state index contributed by atoms with van der Waals surface area (Å²) in [5, 5.41) is 8.54. The van der Waals surface area contributed by atoms with Crippen LogP contribution in [0.1, 0.15) is 18.1 Å². The van der Waals surface area contributed by atoms with E-state index in [1.54, 1.807) is 0 Å². The molecule has 14 heavy (non-hydrogen) atoms. The van der Waals surface area contributed by atoms with Gasteiger partial charge in [0.2, 0.25) is 0 Å². The number of hydrogen-bond acceptors (Lipinski definition) is 2. The Bertz CT molecular complexity index is 344. The summed E-state index contributed by atoms with van der Waals surface area (Å²) in [7, 11) is 0. The number of nitrogens with zero attached hydrogens (tertiary/aromatic N) is 2. The predicted octanol–water partition coefficient (Wildman–Crippen LogP) is 2.57. The Balaban J connectivity index is 2.53. The molecule has 0 heterocycles. The summed E-state index contributed by atoms with van der Waals surface area (Å²) in [6.45, 7) is 4.50. The first-order chi connectivity index (χ1) is 6.72. The Labute approximate surface area is 84.9 Å². The summed E-state index contributed by atoms with van der Waals surface area (Å²) in [6.07, 6.45) is 1.81. The average molecular weight is 186 g/mol. The van der Waals surface area contributed by atoms with Crippen LogP contribution in [0.2, 0.25) is 0 Å². The number of aryl methyl sites for hydroxylation is 1. The molecule has 1 unspecified atom stereocenters. The standard InChI is InChI=1S/C12H14N2/c1-10-3-5-12(6-4-10)9-14-8-11(2)7-13/h3-6,9,11H,8H2,1-2H3/b14-9+. The van der Waals surface area contributed by atoms with Crippen LogP contribution in [0.3, 0.4) is 0 Å². The van der Waals surface area contributed by atoms with Crippen molar-refractivity contribution in [2.45, 2.75) is 13.8 Å². The van der Waals surface area contributed by atoms with Crippen LogP contribution in [0, 0.1) is 24.2 Å². The smallest absolute Gasteiger partial charge is 0.0672 e. The maximum absolute atomic E-state index is 8.54. The molecule has 0 N–H and O–H groups in total. The van der Waals surface area contributed by atoms with E-state index in [2.05, 4.69) is 30.1 Å². The van der Waals surface area contributed by atoms with E-state index in [0.29, 0.717) is 6.54 Å². The van der Waals surface area contributed by atoms with Crippen molar-refractivity contribution >= 4 is 6.21 Å². The van der Waals surface area contributed by atoms with Crippen molar-refractivity contribution in [1.82, 2.24) is 0 Å². The van der Waals surface area contributed by atoms with Crippen LogP contribution in [0.4, 0.5) is 0 Å². The van der Waals surface area contributed by atoms with E-state index in [-0.39, 0.29) is 5.92 Å². The van der Waals surface area contributed by atoms with Crippen molar-refractivity contribution in [3.05, 3.63) is 35.4 Å². The molecule has 2 nitrogen and oxygen atoms in total. The van der Waals surface area contributed by atoms with Crippen molar-refractivity contribution in [2.24, 2.45) is 10.9 Å². The van der Waals surface area contributed by atoms with Gasteiger partial charge in [-0.1, -0.05) is 29.8 Å². The van der Waals surface area contributed by atoms with E-state index in [1.165, 1.54) is 5.56 Å². The molecule has 1 rings (SSSR count). The summed E-state index contributed by atoms with van der Waals surface area (Å²) in [5.74, 6) is -0.00306. The number of benzene rings is 1. The van der Waals surface area contributed by atoms with Crippen molar-refractivity contribution in [2.75, 3.05) is 6.54 Å². The third-order valence-electron chi connectivity index (χ3n) is 1.92. The molecule has 0 saturated heterocycles. The van der Waals surface area contributed by atoms with Gasteiger partial charge in [-0.3, -0.25) is 4.99 Å². The Hall–Kier alpha value is -1.62. The highest BCUT2D eigenvalue weighted by atomic mass is 14.7. The highest BCUT2D eigenvalue weighted by Gasteiger charge is 1.94. The minimum atomic E-state index is -0.00306. The fourth-order valence-electron chi connectivity index (χ4n) is 1.01. The SMILES string of the molecule is Cc1ccc(/C=N/CC(C)C#N)cc1. The van der Waals surface area contributed by atoms with Crippen molar-refractivity contribution in [3.63, 3.8) is 0 Å². The highest BCUT2D eigenvalue weighted by molar-refractivity contribution is 5.79. The lowest BCUT2D eigenvalue weighted by molar-refractivity contribution is 0.759. The van der Waals surface area contributed by atoms with Gasteiger partial charge in [0.25, 0.3) is 0 Å². The van der Waals surface area contributed by atoms with Crippen molar-refractivity contribution in [1.29, 1.82) is 5.26 Å². The molecule has 0 saturated carbocycles. The molecular weight excluding hydrogens is 172 g/mol. The molecule has 0 amide bonds. The highest BCUT2D eigenvalue weighted by Crippen LogP contribution is 2.00. The molecule has 0 spiro atoms. The zero-order valence-corrected chi connectivity index (χ0v) is 8.57. The second kappa shape index (κ2) is 5.18. The van der Waals surface area contributed by atoms with E-state index >= 15 is 0 Å². The zero-order valence-electron chi connectivity index (χ0n) is 8.57. The maximum atomic E-state index is 8.54. The predicted molar refractivity (Wildman–Crippen MR) is 58.4 cm³/mol. The Morgan fingerprint density at radius 1 is 1.43 bits per heavy atom. The van der Waals surface area contributed by atoms with Crippen molar-refractivity contribution in [3.8, 4) is 6.07 Å². The molecule has 0 aliphatic heterocycles. The lowest BCUT2D eigenvalue weighted by Gasteiger charge is -1.96. The molecule has 0 bridgehead atoms. The minimum absolute atomic E-state index is 0.00306. The first kappa shape index (κ1) is 10.5. The van der Waals surface area contributed by atoms with Crippen LogP contribution in [-0.4, -0.2) is 12.8 Å². The summed E-state index contributed by atoms with van der Waals surface area (Å²) in [5.41, 5.74) is 2.33. The maximum Gasteiger partial charge on any atom is 0.0672 e. The molecule has 2 heteroatoms. The summed E-state index contributed by atoms with van der Waals surface area (Å²) < 4.78 is 0. The quantitative estimate of drug-likeness (QED) is 0.668. The molecule has 1 aromatic rings. The summed E-state index contributed by atoms with van der Waals surface area (Å²) in [4.78, 5) is 4.19. The third kappa shape index (κ3) is 3.40. The Morgan fingerprint density at radius 2 is 2.07 bits per heavy atom. The van der Waals surface area contributed by atoms with E-state index in [0.717, 1.165) is 5.56 Å². The van der Waals surface area contributed by atoms with Gasteiger partial charge in [-0.15, -0.1) is 0 Å². The monoisotopic (exact) mass is 186 g/mol. The van der Waals surface area contributed by atoms with Crippen LogP contribution in [0.15, 0.2) is 29.3 Å². The number of aliphatic imine (C=N–C) groups is 1. The van der Waals surface area contributed by atoms with Crippen LogP contribution in [0.5, 0.6) is 0 Å². The second-order valence-electron chi connectivity index (χ2n) is 3.44. The lowest BCUT2D eigenvalue weighted by atomic mass is 10.2. The zero-order chi connectivity index (χ0) is 10.4. The largest absolute Gasteiger partial charge is 0.291 e. The number of rotatable bonds is 3. The van der Waals surface area contributed by atoms with Gasteiger partial charge < -0.3 is 0 Å². The first-order valence-electron chi connectivity index (χ1n) is 4.68. The molecule has 0 fully saturated rings. The Kier molecular flexibility index (Phi) is 3.87.